The SMILES string of the molecule is CCc1cccc(CC)c1NC(=O)c1cc(C)oc1C. The summed E-state index contributed by atoms with van der Waals surface area (Å²) in [6.07, 6.45) is 1.79. The molecule has 0 unspecified atom stereocenters. The van der Waals surface area contributed by atoms with Crippen LogP contribution >= 0.6 is 0 Å². The van der Waals surface area contributed by atoms with Crippen molar-refractivity contribution in [3.05, 3.63) is 52.5 Å². The molecule has 0 saturated carbocycles. The third-order valence-electron chi connectivity index (χ3n) is 3.52. The van der Waals surface area contributed by atoms with Gasteiger partial charge in [0.15, 0.2) is 0 Å². The van der Waals surface area contributed by atoms with Gasteiger partial charge in [0, 0.05) is 5.69 Å². The monoisotopic (exact) mass is 271 g/mol. The highest BCUT2D eigenvalue weighted by Gasteiger charge is 2.16. The van der Waals surface area contributed by atoms with E-state index in [4.69, 9.17) is 4.42 Å². The second kappa shape index (κ2) is 5.95. The average Bonchev–Trinajstić information content (AvgIpc) is 2.78. The summed E-state index contributed by atoms with van der Waals surface area (Å²) in [5, 5.41) is 3.05. The van der Waals surface area contributed by atoms with Crippen molar-refractivity contribution >= 4 is 11.6 Å². The molecule has 0 aliphatic heterocycles. The second-order valence-electron chi connectivity index (χ2n) is 4.94. The van der Waals surface area contributed by atoms with Crippen LogP contribution in [0, 0.1) is 13.8 Å². The van der Waals surface area contributed by atoms with Gasteiger partial charge in [-0.1, -0.05) is 32.0 Å². The minimum Gasteiger partial charge on any atom is -0.466 e. The highest BCUT2D eigenvalue weighted by atomic mass is 16.3. The zero-order chi connectivity index (χ0) is 14.7. The molecule has 1 N–H and O–H groups in total. The smallest absolute Gasteiger partial charge is 0.259 e. The Kier molecular flexibility index (Phi) is 4.28. The quantitative estimate of drug-likeness (QED) is 0.902. The Morgan fingerprint density at radius 3 is 2.20 bits per heavy atom. The van der Waals surface area contributed by atoms with Crippen LogP contribution in [0.1, 0.15) is 46.9 Å². The normalized spacial score (nSPS) is 10.6. The summed E-state index contributed by atoms with van der Waals surface area (Å²) in [4.78, 5) is 12.4. The summed E-state index contributed by atoms with van der Waals surface area (Å²) in [5.74, 6) is 1.31. The molecule has 0 aliphatic rings. The van der Waals surface area contributed by atoms with Gasteiger partial charge in [-0.15, -0.1) is 0 Å². The average molecular weight is 271 g/mol. The number of carbonyl (C=O) groups is 1. The van der Waals surface area contributed by atoms with Crippen molar-refractivity contribution in [1.29, 1.82) is 0 Å². The summed E-state index contributed by atoms with van der Waals surface area (Å²) in [6, 6.07) is 7.94. The molecule has 1 aromatic heterocycles. The topological polar surface area (TPSA) is 42.2 Å². The predicted octanol–water partition coefficient (Wildman–Crippen LogP) is 4.27. The van der Waals surface area contributed by atoms with Crippen molar-refractivity contribution in [3.8, 4) is 0 Å². The summed E-state index contributed by atoms with van der Waals surface area (Å²) in [6.45, 7) is 7.85. The van der Waals surface area contributed by atoms with Gasteiger partial charge >= 0.3 is 0 Å². The molecule has 1 aromatic carbocycles. The lowest BCUT2D eigenvalue weighted by atomic mass is 10.0. The molecule has 3 heteroatoms. The number of benzene rings is 1. The second-order valence-corrected chi connectivity index (χ2v) is 4.94. The van der Waals surface area contributed by atoms with Crippen molar-refractivity contribution in [2.75, 3.05) is 5.32 Å². The molecular formula is C17H21NO2. The summed E-state index contributed by atoms with van der Waals surface area (Å²) in [5.41, 5.74) is 3.88. The first-order chi connectivity index (χ1) is 9.56. The largest absolute Gasteiger partial charge is 0.466 e. The van der Waals surface area contributed by atoms with Gasteiger partial charge in [0.25, 0.3) is 5.91 Å². The zero-order valence-corrected chi connectivity index (χ0v) is 12.5. The van der Waals surface area contributed by atoms with Crippen LogP contribution in [-0.2, 0) is 12.8 Å². The van der Waals surface area contributed by atoms with E-state index in [1.807, 2.05) is 19.9 Å². The molecule has 2 aromatic rings. The molecule has 0 aliphatic carbocycles. The molecule has 20 heavy (non-hydrogen) atoms. The first kappa shape index (κ1) is 14.4. The fourth-order valence-corrected chi connectivity index (χ4v) is 2.44. The van der Waals surface area contributed by atoms with Crippen molar-refractivity contribution in [3.63, 3.8) is 0 Å². The van der Waals surface area contributed by atoms with E-state index in [1.165, 1.54) is 0 Å². The standard InChI is InChI=1S/C17H21NO2/c1-5-13-8-7-9-14(6-2)16(13)18-17(19)15-10-11(3)20-12(15)4/h7-10H,5-6H2,1-4H3,(H,18,19). The molecule has 0 radical (unpaired) electrons. The van der Waals surface area contributed by atoms with Gasteiger partial charge in [-0.2, -0.15) is 0 Å². The maximum absolute atomic E-state index is 12.4. The van der Waals surface area contributed by atoms with Crippen LogP contribution in [0.4, 0.5) is 5.69 Å². The number of furan rings is 1. The predicted molar refractivity (Wildman–Crippen MR) is 81.3 cm³/mol. The van der Waals surface area contributed by atoms with Gasteiger partial charge in [-0.25, -0.2) is 0 Å². The van der Waals surface area contributed by atoms with E-state index in [0.29, 0.717) is 11.3 Å². The maximum atomic E-state index is 12.4. The number of rotatable bonds is 4. The lowest BCUT2D eigenvalue weighted by Crippen LogP contribution is -2.15. The van der Waals surface area contributed by atoms with E-state index < -0.39 is 0 Å². The first-order valence-corrected chi connectivity index (χ1v) is 7.06. The zero-order valence-electron chi connectivity index (χ0n) is 12.5. The minimum atomic E-state index is -0.102. The molecule has 0 bridgehead atoms. The first-order valence-electron chi connectivity index (χ1n) is 7.06. The fraction of sp³-hybridized carbons (Fsp3) is 0.353. The van der Waals surface area contributed by atoms with Crippen molar-refractivity contribution in [1.82, 2.24) is 0 Å². The molecule has 3 nitrogen and oxygen atoms in total. The molecule has 0 fully saturated rings. The van der Waals surface area contributed by atoms with Crippen LogP contribution in [0.25, 0.3) is 0 Å². The van der Waals surface area contributed by atoms with Crippen LogP contribution in [0.15, 0.2) is 28.7 Å². The number of hydrogen-bond donors (Lipinski definition) is 1. The van der Waals surface area contributed by atoms with Crippen LogP contribution in [0.3, 0.4) is 0 Å². The number of anilines is 1. The van der Waals surface area contributed by atoms with Gasteiger partial charge in [0.2, 0.25) is 0 Å². The summed E-state index contributed by atoms with van der Waals surface area (Å²) in [7, 11) is 0. The molecule has 0 spiro atoms. The summed E-state index contributed by atoms with van der Waals surface area (Å²) >= 11 is 0. The number of nitrogens with one attached hydrogen (secondary N) is 1. The van der Waals surface area contributed by atoms with Crippen LogP contribution in [0.2, 0.25) is 0 Å². The Balaban J connectivity index is 2.34. The van der Waals surface area contributed by atoms with E-state index in [1.54, 1.807) is 6.07 Å². The molecular weight excluding hydrogens is 250 g/mol. The molecule has 2 rings (SSSR count). The van der Waals surface area contributed by atoms with Crippen LogP contribution < -0.4 is 5.32 Å². The van der Waals surface area contributed by atoms with Crippen molar-refractivity contribution in [2.24, 2.45) is 0 Å². The van der Waals surface area contributed by atoms with Gasteiger partial charge in [0.1, 0.15) is 11.5 Å². The van der Waals surface area contributed by atoms with Crippen molar-refractivity contribution in [2.45, 2.75) is 40.5 Å². The van der Waals surface area contributed by atoms with Gasteiger partial charge < -0.3 is 9.73 Å². The fourth-order valence-electron chi connectivity index (χ4n) is 2.44. The Morgan fingerprint density at radius 2 is 1.75 bits per heavy atom. The number of para-hydroxylation sites is 1. The van der Waals surface area contributed by atoms with Crippen LogP contribution in [0.5, 0.6) is 0 Å². The van der Waals surface area contributed by atoms with Crippen molar-refractivity contribution < 1.29 is 9.21 Å². The van der Waals surface area contributed by atoms with E-state index in [0.717, 1.165) is 35.4 Å². The number of hydrogen-bond acceptors (Lipinski definition) is 2. The van der Waals surface area contributed by atoms with E-state index in [9.17, 15) is 4.79 Å². The van der Waals surface area contributed by atoms with Gasteiger partial charge in [-0.3, -0.25) is 4.79 Å². The highest BCUT2D eigenvalue weighted by molar-refractivity contribution is 6.05. The third-order valence-corrected chi connectivity index (χ3v) is 3.52. The molecule has 106 valence electrons. The lowest BCUT2D eigenvalue weighted by molar-refractivity contribution is 0.102. The Morgan fingerprint density at radius 1 is 1.15 bits per heavy atom. The molecule has 1 amide bonds. The molecule has 0 atom stereocenters. The third kappa shape index (κ3) is 2.77. The highest BCUT2D eigenvalue weighted by Crippen LogP contribution is 2.24. The van der Waals surface area contributed by atoms with E-state index in [2.05, 4.69) is 31.3 Å². The number of amides is 1. The Labute approximate surface area is 120 Å². The lowest BCUT2D eigenvalue weighted by Gasteiger charge is -2.14. The van der Waals surface area contributed by atoms with E-state index in [-0.39, 0.29) is 5.91 Å². The van der Waals surface area contributed by atoms with Gasteiger partial charge in [-0.05, 0) is 43.9 Å². The van der Waals surface area contributed by atoms with Gasteiger partial charge in [0.05, 0.1) is 5.56 Å². The molecule has 1 heterocycles. The van der Waals surface area contributed by atoms with E-state index >= 15 is 0 Å². The number of aryl methyl sites for hydroxylation is 4. The Bertz CT molecular complexity index is 604. The Hall–Kier alpha value is -2.03. The minimum absolute atomic E-state index is 0.102. The summed E-state index contributed by atoms with van der Waals surface area (Å²) < 4.78 is 5.43. The maximum Gasteiger partial charge on any atom is 0.259 e. The number of carbonyl (C=O) groups excluding carboxylic acids is 1. The molecule has 0 saturated heterocycles. The van der Waals surface area contributed by atoms with Crippen LogP contribution in [-0.4, -0.2) is 5.91 Å².